The molecule has 0 radical (unpaired) electrons. The molecule has 4 nitrogen and oxygen atoms in total. The summed E-state index contributed by atoms with van der Waals surface area (Å²) < 4.78 is 41.0. The third-order valence-corrected chi connectivity index (χ3v) is 4.51. The van der Waals surface area contributed by atoms with Gasteiger partial charge in [0.25, 0.3) is 0 Å². The lowest BCUT2D eigenvalue weighted by molar-refractivity contribution is -0.274. The summed E-state index contributed by atoms with van der Waals surface area (Å²) in [6, 6.07) is 6.08. The third-order valence-electron chi connectivity index (χ3n) is 4.51. The van der Waals surface area contributed by atoms with E-state index in [0.717, 1.165) is 19.6 Å². The summed E-state index contributed by atoms with van der Waals surface area (Å²) in [4.78, 5) is 6.49. The van der Waals surface area contributed by atoms with Crippen molar-refractivity contribution >= 4 is 5.69 Å². The van der Waals surface area contributed by atoms with E-state index in [1.165, 1.54) is 25.0 Å². The van der Waals surface area contributed by atoms with E-state index in [1.54, 1.807) is 12.1 Å². The van der Waals surface area contributed by atoms with Crippen LogP contribution in [-0.2, 0) is 0 Å². The normalized spacial score (nSPS) is 20.0. The van der Waals surface area contributed by atoms with Crippen LogP contribution in [0.15, 0.2) is 36.7 Å². The van der Waals surface area contributed by atoms with E-state index in [4.69, 9.17) is 0 Å². The monoisotopic (exact) mass is 341 g/mol. The summed E-state index contributed by atoms with van der Waals surface area (Å²) in [6.07, 6.45) is 1.63. The highest BCUT2D eigenvalue weighted by molar-refractivity contribution is 5.53. The quantitative estimate of drug-likeness (QED) is 0.835. The van der Waals surface area contributed by atoms with Crippen LogP contribution in [0.2, 0.25) is 0 Å². The molecule has 0 atom stereocenters. The fourth-order valence-electron chi connectivity index (χ4n) is 3.19. The van der Waals surface area contributed by atoms with Crippen LogP contribution in [0.3, 0.4) is 0 Å². The summed E-state index contributed by atoms with van der Waals surface area (Å²) in [5.41, 5.74) is 0.693. The molecule has 0 amide bonds. The van der Waals surface area contributed by atoms with Gasteiger partial charge in [-0.25, -0.2) is 0 Å². The number of halogens is 3. The van der Waals surface area contributed by atoms with E-state index in [2.05, 4.69) is 21.6 Å². The molecular formula is C17H22F3N3O. The number of hydrogen-bond donors (Lipinski definition) is 0. The van der Waals surface area contributed by atoms with Gasteiger partial charge in [0, 0.05) is 30.7 Å². The molecule has 0 spiro atoms. The number of rotatable bonds is 4. The highest BCUT2D eigenvalue weighted by Gasteiger charge is 2.31. The number of benzene rings is 1. The van der Waals surface area contributed by atoms with Crippen molar-refractivity contribution in [3.8, 4) is 5.75 Å². The van der Waals surface area contributed by atoms with Crippen LogP contribution >= 0.6 is 0 Å². The fraction of sp³-hybridized carbons (Fsp3) is 0.529. The smallest absolute Gasteiger partial charge is 0.406 e. The first kappa shape index (κ1) is 17.0. The SMILES string of the molecule is CN1CCC(CN2C=CN(c3cccc(OC(F)(F)F)c3)C2)CC1. The number of ether oxygens (including phenoxy) is 1. The van der Waals surface area contributed by atoms with Crippen LogP contribution < -0.4 is 9.64 Å². The van der Waals surface area contributed by atoms with Gasteiger partial charge in [-0.2, -0.15) is 0 Å². The molecule has 132 valence electrons. The molecule has 0 bridgehead atoms. The van der Waals surface area contributed by atoms with Gasteiger partial charge in [-0.15, -0.1) is 13.2 Å². The Morgan fingerprint density at radius 3 is 2.62 bits per heavy atom. The van der Waals surface area contributed by atoms with Gasteiger partial charge in [-0.3, -0.25) is 0 Å². The topological polar surface area (TPSA) is 19.0 Å². The highest BCUT2D eigenvalue weighted by atomic mass is 19.4. The second-order valence-corrected chi connectivity index (χ2v) is 6.47. The van der Waals surface area contributed by atoms with Crippen LogP contribution in [0.25, 0.3) is 0 Å². The van der Waals surface area contributed by atoms with E-state index < -0.39 is 6.36 Å². The zero-order valence-corrected chi connectivity index (χ0v) is 13.7. The second-order valence-electron chi connectivity index (χ2n) is 6.47. The molecule has 0 saturated carbocycles. The number of hydrogen-bond acceptors (Lipinski definition) is 4. The van der Waals surface area contributed by atoms with Crippen molar-refractivity contribution in [2.75, 3.05) is 38.3 Å². The van der Waals surface area contributed by atoms with E-state index >= 15 is 0 Å². The van der Waals surface area contributed by atoms with Gasteiger partial charge in [0.1, 0.15) is 5.75 Å². The lowest BCUT2D eigenvalue weighted by Crippen LogP contribution is -2.36. The molecule has 1 aromatic carbocycles. The Morgan fingerprint density at radius 2 is 1.92 bits per heavy atom. The average Bonchev–Trinajstić information content (AvgIpc) is 2.97. The third kappa shape index (κ3) is 4.56. The van der Waals surface area contributed by atoms with Crippen LogP contribution in [0, 0.1) is 5.92 Å². The minimum Gasteiger partial charge on any atom is -0.406 e. The molecular weight excluding hydrogens is 319 g/mol. The van der Waals surface area contributed by atoms with E-state index in [9.17, 15) is 13.2 Å². The van der Waals surface area contributed by atoms with E-state index in [0.29, 0.717) is 18.3 Å². The summed E-state index contributed by atoms with van der Waals surface area (Å²) in [5, 5.41) is 0. The van der Waals surface area contributed by atoms with Gasteiger partial charge in [0.05, 0.1) is 6.67 Å². The predicted molar refractivity (Wildman–Crippen MR) is 86.5 cm³/mol. The van der Waals surface area contributed by atoms with Crippen molar-refractivity contribution in [3.05, 3.63) is 36.7 Å². The number of anilines is 1. The summed E-state index contributed by atoms with van der Waals surface area (Å²) in [6.45, 7) is 3.90. The van der Waals surface area contributed by atoms with Crippen LogP contribution in [0.1, 0.15) is 12.8 Å². The first-order valence-electron chi connectivity index (χ1n) is 8.12. The first-order valence-corrected chi connectivity index (χ1v) is 8.12. The van der Waals surface area contributed by atoms with Gasteiger partial charge >= 0.3 is 6.36 Å². The van der Waals surface area contributed by atoms with Crippen LogP contribution in [0.4, 0.5) is 18.9 Å². The first-order chi connectivity index (χ1) is 11.4. The largest absolute Gasteiger partial charge is 0.573 e. The minimum absolute atomic E-state index is 0.192. The molecule has 2 heterocycles. The van der Waals surface area contributed by atoms with Gasteiger partial charge in [0.2, 0.25) is 0 Å². The molecule has 3 rings (SSSR count). The zero-order valence-electron chi connectivity index (χ0n) is 13.7. The van der Waals surface area contributed by atoms with Crippen molar-refractivity contribution in [2.45, 2.75) is 19.2 Å². The van der Waals surface area contributed by atoms with Crippen molar-refractivity contribution in [1.29, 1.82) is 0 Å². The highest BCUT2D eigenvalue weighted by Crippen LogP contribution is 2.28. The molecule has 2 aliphatic rings. The van der Waals surface area contributed by atoms with Crippen molar-refractivity contribution < 1.29 is 17.9 Å². The molecule has 0 aromatic heterocycles. The van der Waals surface area contributed by atoms with Crippen molar-refractivity contribution in [1.82, 2.24) is 9.80 Å². The number of alkyl halides is 3. The fourth-order valence-corrected chi connectivity index (χ4v) is 3.19. The summed E-state index contributed by atoms with van der Waals surface area (Å²) >= 11 is 0. The van der Waals surface area contributed by atoms with E-state index in [-0.39, 0.29) is 5.75 Å². The maximum atomic E-state index is 12.3. The predicted octanol–water partition coefficient (Wildman–Crippen LogP) is 3.48. The van der Waals surface area contributed by atoms with Crippen molar-refractivity contribution in [2.24, 2.45) is 5.92 Å². The molecule has 0 N–H and O–H groups in total. The molecule has 0 unspecified atom stereocenters. The lowest BCUT2D eigenvalue weighted by Gasteiger charge is -2.32. The molecule has 1 fully saturated rings. The number of likely N-dealkylation sites (tertiary alicyclic amines) is 1. The van der Waals surface area contributed by atoms with Gasteiger partial charge in [-0.1, -0.05) is 6.07 Å². The number of piperidine rings is 1. The minimum atomic E-state index is -4.67. The Balaban J connectivity index is 1.56. The van der Waals surface area contributed by atoms with Gasteiger partial charge in [0.15, 0.2) is 0 Å². The molecule has 0 aliphatic carbocycles. The Morgan fingerprint density at radius 1 is 1.17 bits per heavy atom. The Hall–Kier alpha value is -1.89. The Kier molecular flexibility index (Phi) is 4.89. The Labute approximate surface area is 140 Å². The lowest BCUT2D eigenvalue weighted by atomic mass is 9.97. The maximum Gasteiger partial charge on any atom is 0.573 e. The standard InChI is InChI=1S/C17H22F3N3O/c1-21-7-5-14(6-8-21)12-22-9-10-23(13-22)15-3-2-4-16(11-15)24-17(18,19)20/h2-4,9-11,14H,5-8,12-13H2,1H3. The molecule has 7 heteroatoms. The van der Waals surface area contributed by atoms with Gasteiger partial charge < -0.3 is 19.4 Å². The van der Waals surface area contributed by atoms with Gasteiger partial charge in [-0.05, 0) is 51.0 Å². The maximum absolute atomic E-state index is 12.3. The molecule has 2 aliphatic heterocycles. The average molecular weight is 341 g/mol. The Bertz CT molecular complexity index is 583. The molecule has 1 aromatic rings. The zero-order chi connectivity index (χ0) is 17.2. The van der Waals surface area contributed by atoms with E-state index in [1.807, 2.05) is 17.3 Å². The molecule has 24 heavy (non-hydrogen) atoms. The summed E-state index contributed by atoms with van der Waals surface area (Å²) in [5.74, 6) is 0.480. The van der Waals surface area contributed by atoms with Crippen LogP contribution in [-0.4, -0.2) is 49.5 Å². The number of nitrogens with zero attached hydrogens (tertiary/aromatic N) is 3. The summed E-state index contributed by atoms with van der Waals surface area (Å²) in [7, 11) is 2.14. The van der Waals surface area contributed by atoms with Crippen LogP contribution in [0.5, 0.6) is 5.75 Å². The van der Waals surface area contributed by atoms with Crippen molar-refractivity contribution in [3.63, 3.8) is 0 Å². The molecule has 1 saturated heterocycles. The second kappa shape index (κ2) is 6.93.